The minimum Gasteiger partial charge on any atom is -0.376 e. The summed E-state index contributed by atoms with van der Waals surface area (Å²) in [7, 11) is 0. The maximum Gasteiger partial charge on any atom is 0.0731 e. The molecule has 2 aliphatic carbocycles. The van der Waals surface area contributed by atoms with Crippen LogP contribution in [-0.4, -0.2) is 18.8 Å². The molecule has 116 valence electrons. The van der Waals surface area contributed by atoms with Crippen LogP contribution in [0.5, 0.6) is 0 Å². The lowest BCUT2D eigenvalue weighted by Gasteiger charge is -2.35. The van der Waals surface area contributed by atoms with Crippen molar-refractivity contribution in [1.82, 2.24) is 0 Å². The van der Waals surface area contributed by atoms with Crippen LogP contribution in [0.15, 0.2) is 30.3 Å². The molecule has 0 bridgehead atoms. The van der Waals surface area contributed by atoms with E-state index in [-0.39, 0.29) is 12.1 Å². The van der Waals surface area contributed by atoms with Crippen molar-refractivity contribution in [1.29, 1.82) is 0 Å². The lowest BCUT2D eigenvalue weighted by molar-refractivity contribution is -0.0143. The van der Waals surface area contributed by atoms with Gasteiger partial charge in [0.15, 0.2) is 0 Å². The van der Waals surface area contributed by atoms with Crippen molar-refractivity contribution in [2.24, 2.45) is 11.7 Å². The largest absolute Gasteiger partial charge is 0.376 e. The molecule has 2 nitrogen and oxygen atoms in total. The van der Waals surface area contributed by atoms with E-state index in [1.54, 1.807) is 0 Å². The minimum atomic E-state index is 0.230. The highest BCUT2D eigenvalue weighted by Crippen LogP contribution is 2.34. The van der Waals surface area contributed by atoms with Gasteiger partial charge < -0.3 is 10.5 Å². The first kappa shape index (κ1) is 15.1. The van der Waals surface area contributed by atoms with Crippen molar-refractivity contribution in [3.8, 4) is 0 Å². The molecule has 1 aromatic rings. The molecule has 2 saturated carbocycles. The van der Waals surface area contributed by atoms with Gasteiger partial charge in [0.1, 0.15) is 0 Å². The second-order valence-corrected chi connectivity index (χ2v) is 6.96. The fraction of sp³-hybridized carbons (Fsp3) is 0.684. The van der Waals surface area contributed by atoms with Crippen LogP contribution < -0.4 is 5.73 Å². The highest BCUT2D eigenvalue weighted by atomic mass is 16.5. The minimum absolute atomic E-state index is 0.230. The van der Waals surface area contributed by atoms with Gasteiger partial charge in [0.2, 0.25) is 0 Å². The monoisotopic (exact) mass is 287 g/mol. The SMILES string of the molecule is NC1CCC(c2ccccc2)CC1OCC1CCCCC1. The van der Waals surface area contributed by atoms with Gasteiger partial charge in [-0.1, -0.05) is 49.6 Å². The first-order valence-corrected chi connectivity index (χ1v) is 8.75. The van der Waals surface area contributed by atoms with Gasteiger partial charge in [0.25, 0.3) is 0 Å². The average Bonchev–Trinajstić information content (AvgIpc) is 2.56. The second-order valence-electron chi connectivity index (χ2n) is 6.96. The molecule has 2 N–H and O–H groups in total. The predicted octanol–water partition coefficient (Wildman–Crippen LogP) is 4.25. The number of ether oxygens (including phenoxy) is 1. The summed E-state index contributed by atoms with van der Waals surface area (Å²) in [4.78, 5) is 0. The summed E-state index contributed by atoms with van der Waals surface area (Å²) in [6.07, 6.45) is 10.5. The van der Waals surface area contributed by atoms with E-state index in [2.05, 4.69) is 30.3 Å². The summed E-state index contributed by atoms with van der Waals surface area (Å²) in [5.74, 6) is 1.41. The zero-order chi connectivity index (χ0) is 14.5. The van der Waals surface area contributed by atoms with Crippen LogP contribution in [0.1, 0.15) is 62.8 Å². The van der Waals surface area contributed by atoms with Crippen molar-refractivity contribution in [2.45, 2.75) is 69.4 Å². The third kappa shape index (κ3) is 4.08. The third-order valence-corrected chi connectivity index (χ3v) is 5.38. The smallest absolute Gasteiger partial charge is 0.0731 e. The highest BCUT2D eigenvalue weighted by molar-refractivity contribution is 5.20. The first-order valence-electron chi connectivity index (χ1n) is 8.75. The zero-order valence-electron chi connectivity index (χ0n) is 13.0. The number of rotatable bonds is 4. The summed E-state index contributed by atoms with van der Waals surface area (Å²) >= 11 is 0. The van der Waals surface area contributed by atoms with Crippen LogP contribution in [0.3, 0.4) is 0 Å². The molecular formula is C19H29NO. The molecule has 2 heteroatoms. The molecule has 0 spiro atoms. The van der Waals surface area contributed by atoms with E-state index in [4.69, 9.17) is 10.5 Å². The standard InChI is InChI=1S/C19H29NO/c20-18-12-11-17(16-9-5-2-6-10-16)13-19(18)21-14-15-7-3-1-4-8-15/h2,5-6,9-10,15,17-19H,1,3-4,7-8,11-14,20H2. The maximum absolute atomic E-state index is 6.31. The Hall–Kier alpha value is -0.860. The Morgan fingerprint density at radius 1 is 0.952 bits per heavy atom. The van der Waals surface area contributed by atoms with E-state index < -0.39 is 0 Å². The molecule has 0 amide bonds. The van der Waals surface area contributed by atoms with Crippen molar-refractivity contribution in [3.63, 3.8) is 0 Å². The van der Waals surface area contributed by atoms with Gasteiger partial charge in [0, 0.05) is 12.6 Å². The van der Waals surface area contributed by atoms with Gasteiger partial charge in [-0.05, 0) is 49.5 Å². The summed E-state index contributed by atoms with van der Waals surface area (Å²) < 4.78 is 6.26. The Balaban J connectivity index is 1.53. The van der Waals surface area contributed by atoms with Crippen molar-refractivity contribution in [3.05, 3.63) is 35.9 Å². The van der Waals surface area contributed by atoms with Crippen LogP contribution in [0.25, 0.3) is 0 Å². The highest BCUT2D eigenvalue weighted by Gasteiger charge is 2.30. The molecule has 0 heterocycles. The predicted molar refractivity (Wildman–Crippen MR) is 87.3 cm³/mol. The summed E-state index contributed by atoms with van der Waals surface area (Å²) in [6.45, 7) is 0.930. The van der Waals surface area contributed by atoms with Crippen molar-refractivity contribution < 1.29 is 4.74 Å². The molecule has 21 heavy (non-hydrogen) atoms. The Kier molecular flexibility index (Phi) is 5.32. The van der Waals surface area contributed by atoms with Crippen LogP contribution in [0, 0.1) is 5.92 Å². The van der Waals surface area contributed by atoms with Gasteiger partial charge in [-0.15, -0.1) is 0 Å². The summed E-state index contributed by atoms with van der Waals surface area (Å²) in [5.41, 5.74) is 7.76. The van der Waals surface area contributed by atoms with Gasteiger partial charge in [-0.2, -0.15) is 0 Å². The lowest BCUT2D eigenvalue weighted by Crippen LogP contribution is -2.42. The molecule has 3 unspecified atom stereocenters. The van der Waals surface area contributed by atoms with Crippen LogP contribution >= 0.6 is 0 Å². The van der Waals surface area contributed by atoms with Crippen molar-refractivity contribution >= 4 is 0 Å². The van der Waals surface area contributed by atoms with E-state index in [9.17, 15) is 0 Å². The molecule has 3 atom stereocenters. The van der Waals surface area contributed by atoms with E-state index in [1.807, 2.05) is 0 Å². The van der Waals surface area contributed by atoms with Crippen LogP contribution in [0.2, 0.25) is 0 Å². The number of hydrogen-bond acceptors (Lipinski definition) is 2. The third-order valence-electron chi connectivity index (χ3n) is 5.38. The van der Waals surface area contributed by atoms with E-state index in [0.717, 1.165) is 25.4 Å². The van der Waals surface area contributed by atoms with E-state index in [1.165, 1.54) is 44.1 Å². The molecule has 3 rings (SSSR count). The number of nitrogens with two attached hydrogens (primary N) is 1. The Morgan fingerprint density at radius 3 is 2.48 bits per heavy atom. The molecule has 2 fully saturated rings. The lowest BCUT2D eigenvalue weighted by atomic mass is 9.80. The van der Waals surface area contributed by atoms with Crippen LogP contribution in [0.4, 0.5) is 0 Å². The van der Waals surface area contributed by atoms with E-state index in [0.29, 0.717) is 5.92 Å². The maximum atomic E-state index is 6.31. The summed E-state index contributed by atoms with van der Waals surface area (Å²) in [5, 5.41) is 0. The van der Waals surface area contributed by atoms with E-state index >= 15 is 0 Å². The molecule has 0 aliphatic heterocycles. The van der Waals surface area contributed by atoms with Gasteiger partial charge in [0.05, 0.1) is 6.10 Å². The zero-order valence-corrected chi connectivity index (χ0v) is 13.0. The average molecular weight is 287 g/mol. The Morgan fingerprint density at radius 2 is 1.71 bits per heavy atom. The molecular weight excluding hydrogens is 258 g/mol. The van der Waals surface area contributed by atoms with Gasteiger partial charge in [-0.3, -0.25) is 0 Å². The Labute approximate surface area is 129 Å². The number of benzene rings is 1. The Bertz CT molecular complexity index is 413. The van der Waals surface area contributed by atoms with Crippen molar-refractivity contribution in [2.75, 3.05) is 6.61 Å². The first-order chi connectivity index (χ1) is 10.3. The normalized spacial score (nSPS) is 31.2. The molecule has 2 aliphatic rings. The summed E-state index contributed by atoms with van der Waals surface area (Å²) in [6, 6.07) is 11.1. The fourth-order valence-electron chi connectivity index (χ4n) is 3.99. The molecule has 0 aromatic heterocycles. The topological polar surface area (TPSA) is 35.2 Å². The van der Waals surface area contributed by atoms with Crippen LogP contribution in [-0.2, 0) is 4.74 Å². The second kappa shape index (κ2) is 7.42. The van der Waals surface area contributed by atoms with Gasteiger partial charge in [-0.25, -0.2) is 0 Å². The molecule has 1 aromatic carbocycles. The van der Waals surface area contributed by atoms with Gasteiger partial charge >= 0.3 is 0 Å². The molecule has 0 saturated heterocycles. The quantitative estimate of drug-likeness (QED) is 0.898. The number of hydrogen-bond donors (Lipinski definition) is 1. The fourth-order valence-corrected chi connectivity index (χ4v) is 3.99. The molecule has 0 radical (unpaired) electrons.